The number of piperidine rings is 1. The van der Waals surface area contributed by atoms with Gasteiger partial charge in [-0.2, -0.15) is 0 Å². The number of likely N-dealkylation sites (tertiary alicyclic amines) is 1. The summed E-state index contributed by atoms with van der Waals surface area (Å²) in [6, 6.07) is 15.8. The largest absolute Gasteiger partial charge is 0.497 e. The standard InChI is InChI=1S/C27H32N4O3/c1-4-31-26(33)30(17-20-8-7-9-22(16-20)34-3)25(32)27(31)12-14-29(15-13-27)19-21-18-28(2)24-11-6-5-10-23(21)24/h5-11,16,18H,4,12-15,17,19H2,1-3H3. The Morgan fingerprint density at radius 2 is 1.76 bits per heavy atom. The smallest absolute Gasteiger partial charge is 0.327 e. The Morgan fingerprint density at radius 1 is 1.00 bits per heavy atom. The molecule has 3 aromatic rings. The molecule has 178 valence electrons. The van der Waals surface area contributed by atoms with Crippen LogP contribution in [0.5, 0.6) is 5.75 Å². The number of ether oxygens (including phenoxy) is 1. The number of urea groups is 1. The Labute approximate surface area is 200 Å². The van der Waals surface area contributed by atoms with Crippen LogP contribution in [0.3, 0.4) is 0 Å². The lowest BCUT2D eigenvalue weighted by Crippen LogP contribution is -2.56. The molecule has 7 nitrogen and oxygen atoms in total. The highest BCUT2D eigenvalue weighted by molar-refractivity contribution is 6.07. The second-order valence-electron chi connectivity index (χ2n) is 9.36. The molecule has 34 heavy (non-hydrogen) atoms. The molecule has 2 fully saturated rings. The molecule has 0 aliphatic carbocycles. The number of fused-ring (bicyclic) bond motifs is 1. The van der Waals surface area contributed by atoms with E-state index in [-0.39, 0.29) is 18.5 Å². The van der Waals surface area contributed by atoms with Gasteiger partial charge in [-0.05, 0) is 49.1 Å². The van der Waals surface area contributed by atoms with Gasteiger partial charge in [-0.3, -0.25) is 14.6 Å². The first kappa shape index (κ1) is 22.5. The fraction of sp³-hybridized carbons (Fsp3) is 0.407. The van der Waals surface area contributed by atoms with Crippen molar-refractivity contribution in [1.29, 1.82) is 0 Å². The maximum Gasteiger partial charge on any atom is 0.327 e. The van der Waals surface area contributed by atoms with Gasteiger partial charge in [-0.1, -0.05) is 30.3 Å². The van der Waals surface area contributed by atoms with Crippen LogP contribution in [0.1, 0.15) is 30.9 Å². The van der Waals surface area contributed by atoms with E-state index in [0.29, 0.717) is 19.4 Å². The van der Waals surface area contributed by atoms with Crippen molar-refractivity contribution in [1.82, 2.24) is 19.3 Å². The van der Waals surface area contributed by atoms with Crippen molar-refractivity contribution in [3.63, 3.8) is 0 Å². The van der Waals surface area contributed by atoms with E-state index in [4.69, 9.17) is 4.74 Å². The summed E-state index contributed by atoms with van der Waals surface area (Å²) in [6.45, 7) is 5.18. The van der Waals surface area contributed by atoms with E-state index >= 15 is 0 Å². The molecule has 1 spiro atoms. The lowest BCUT2D eigenvalue weighted by molar-refractivity contribution is -0.136. The Morgan fingerprint density at radius 3 is 2.50 bits per heavy atom. The van der Waals surface area contributed by atoms with E-state index in [1.165, 1.54) is 21.4 Å². The van der Waals surface area contributed by atoms with Gasteiger partial charge in [0.1, 0.15) is 11.3 Å². The van der Waals surface area contributed by atoms with Gasteiger partial charge in [0.25, 0.3) is 5.91 Å². The zero-order chi connectivity index (χ0) is 23.9. The number of amides is 3. The molecule has 2 aliphatic rings. The quantitative estimate of drug-likeness (QED) is 0.522. The lowest BCUT2D eigenvalue weighted by Gasteiger charge is -2.41. The van der Waals surface area contributed by atoms with Gasteiger partial charge in [-0.15, -0.1) is 0 Å². The van der Waals surface area contributed by atoms with Gasteiger partial charge in [-0.25, -0.2) is 4.79 Å². The molecule has 1 aromatic heterocycles. The molecule has 0 radical (unpaired) electrons. The normalized spacial score (nSPS) is 18.4. The molecular formula is C27H32N4O3. The van der Waals surface area contributed by atoms with E-state index in [0.717, 1.165) is 30.9 Å². The van der Waals surface area contributed by atoms with Crippen molar-refractivity contribution in [3.8, 4) is 5.75 Å². The predicted molar refractivity (Wildman–Crippen MR) is 131 cm³/mol. The molecule has 5 rings (SSSR count). The van der Waals surface area contributed by atoms with E-state index in [1.54, 1.807) is 12.0 Å². The molecule has 3 amide bonds. The molecule has 0 N–H and O–H groups in total. The van der Waals surface area contributed by atoms with Gasteiger partial charge in [0.05, 0.1) is 13.7 Å². The molecule has 0 bridgehead atoms. The minimum atomic E-state index is -0.736. The zero-order valence-corrected chi connectivity index (χ0v) is 20.2. The average molecular weight is 461 g/mol. The maximum atomic E-state index is 13.7. The van der Waals surface area contributed by atoms with Crippen molar-refractivity contribution in [2.75, 3.05) is 26.7 Å². The summed E-state index contributed by atoms with van der Waals surface area (Å²) < 4.78 is 7.48. The summed E-state index contributed by atoms with van der Waals surface area (Å²) in [5, 5.41) is 1.28. The Balaban J connectivity index is 1.32. The SMILES string of the molecule is CCN1C(=O)N(Cc2cccc(OC)c2)C(=O)C12CCN(Cc1cn(C)c3ccccc13)CC2. The lowest BCUT2D eigenvalue weighted by atomic mass is 9.85. The van der Waals surface area contributed by atoms with Gasteiger partial charge in [0.2, 0.25) is 0 Å². The topological polar surface area (TPSA) is 58.0 Å². The first-order chi connectivity index (χ1) is 16.5. The molecule has 3 heterocycles. The average Bonchev–Trinajstić information content (AvgIpc) is 3.27. The summed E-state index contributed by atoms with van der Waals surface area (Å²) >= 11 is 0. The first-order valence-corrected chi connectivity index (χ1v) is 12.0. The molecule has 2 aliphatic heterocycles. The number of carbonyl (C=O) groups is 2. The number of nitrogens with zero attached hydrogens (tertiary/aromatic N) is 4. The molecule has 7 heteroatoms. The van der Waals surface area contributed by atoms with E-state index in [2.05, 4.69) is 47.0 Å². The number of para-hydroxylation sites is 1. The summed E-state index contributed by atoms with van der Waals surface area (Å²) in [6.07, 6.45) is 3.52. The highest BCUT2D eigenvalue weighted by Gasteiger charge is 2.57. The predicted octanol–water partition coefficient (Wildman–Crippen LogP) is 4.01. The van der Waals surface area contributed by atoms with Crippen LogP contribution in [0.25, 0.3) is 10.9 Å². The van der Waals surface area contributed by atoms with Gasteiger partial charge < -0.3 is 14.2 Å². The Bertz CT molecular complexity index is 1230. The highest BCUT2D eigenvalue weighted by atomic mass is 16.5. The molecular weight excluding hydrogens is 428 g/mol. The summed E-state index contributed by atoms with van der Waals surface area (Å²) in [7, 11) is 3.70. The zero-order valence-electron chi connectivity index (χ0n) is 20.2. The molecule has 0 atom stereocenters. The number of rotatable bonds is 6. The van der Waals surface area contributed by atoms with Crippen molar-refractivity contribution >= 4 is 22.8 Å². The summed E-state index contributed by atoms with van der Waals surface area (Å²) in [4.78, 5) is 32.6. The number of carbonyl (C=O) groups excluding carboxylic acids is 2. The second kappa shape index (κ2) is 8.80. The van der Waals surface area contributed by atoms with Gasteiger partial charge in [0, 0.05) is 50.3 Å². The summed E-state index contributed by atoms with van der Waals surface area (Å²) in [5.74, 6) is 0.660. The van der Waals surface area contributed by atoms with E-state index < -0.39 is 5.54 Å². The Kier molecular flexibility index (Phi) is 5.81. The number of benzene rings is 2. The van der Waals surface area contributed by atoms with Crippen LogP contribution < -0.4 is 4.74 Å². The minimum absolute atomic E-state index is 0.0630. The van der Waals surface area contributed by atoms with Crippen LogP contribution in [0.15, 0.2) is 54.7 Å². The highest BCUT2D eigenvalue weighted by Crippen LogP contribution is 2.38. The maximum absolute atomic E-state index is 13.7. The van der Waals surface area contributed by atoms with Crippen molar-refractivity contribution in [2.45, 2.75) is 38.4 Å². The number of hydrogen-bond donors (Lipinski definition) is 0. The van der Waals surface area contributed by atoms with Gasteiger partial charge >= 0.3 is 6.03 Å². The van der Waals surface area contributed by atoms with Crippen LogP contribution in [0, 0.1) is 0 Å². The van der Waals surface area contributed by atoms with Crippen LogP contribution in [-0.2, 0) is 24.9 Å². The van der Waals surface area contributed by atoms with Crippen LogP contribution in [0.4, 0.5) is 4.79 Å². The third-order valence-electron chi connectivity index (χ3n) is 7.47. The summed E-state index contributed by atoms with van der Waals surface area (Å²) in [5.41, 5.74) is 2.69. The number of aromatic nitrogens is 1. The molecule has 0 unspecified atom stereocenters. The monoisotopic (exact) mass is 460 g/mol. The van der Waals surface area contributed by atoms with E-state index in [9.17, 15) is 9.59 Å². The fourth-order valence-electron chi connectivity index (χ4n) is 5.67. The molecule has 0 saturated carbocycles. The minimum Gasteiger partial charge on any atom is -0.497 e. The second-order valence-corrected chi connectivity index (χ2v) is 9.36. The fourth-order valence-corrected chi connectivity index (χ4v) is 5.67. The first-order valence-electron chi connectivity index (χ1n) is 12.0. The van der Waals surface area contributed by atoms with Gasteiger partial charge in [0.15, 0.2) is 0 Å². The third kappa shape index (κ3) is 3.64. The van der Waals surface area contributed by atoms with Crippen LogP contribution in [0.2, 0.25) is 0 Å². The van der Waals surface area contributed by atoms with Crippen LogP contribution >= 0.6 is 0 Å². The number of methoxy groups -OCH3 is 1. The Hall–Kier alpha value is -3.32. The van der Waals surface area contributed by atoms with E-state index in [1.807, 2.05) is 31.2 Å². The molecule has 2 aromatic carbocycles. The van der Waals surface area contributed by atoms with Crippen LogP contribution in [-0.4, -0.2) is 63.5 Å². The molecule has 2 saturated heterocycles. The third-order valence-corrected chi connectivity index (χ3v) is 7.47. The van der Waals surface area contributed by atoms with Crippen molar-refractivity contribution in [3.05, 3.63) is 65.9 Å². The van der Waals surface area contributed by atoms with Crippen molar-refractivity contribution < 1.29 is 14.3 Å². The van der Waals surface area contributed by atoms with Crippen molar-refractivity contribution in [2.24, 2.45) is 7.05 Å². The number of likely N-dealkylation sites (N-methyl/N-ethyl adjacent to an activating group) is 1. The number of hydrogen-bond acceptors (Lipinski definition) is 4. The number of aryl methyl sites for hydroxylation is 1. The number of imide groups is 1.